The minimum atomic E-state index is -2.91. The maximum atomic E-state index is 11.2. The summed E-state index contributed by atoms with van der Waals surface area (Å²) in [5.74, 6) is 2.08. The number of hydrogen-bond acceptors (Lipinski definition) is 7. The Balaban J connectivity index is 1.86. The average Bonchev–Trinajstić information content (AvgIpc) is 2.99. The van der Waals surface area contributed by atoms with Gasteiger partial charge in [0.2, 0.25) is 0 Å². The van der Waals surface area contributed by atoms with E-state index in [2.05, 4.69) is 9.97 Å². The maximum Gasteiger partial charge on any atom is 0.152 e. The third-order valence-electron chi connectivity index (χ3n) is 4.76. The first kappa shape index (κ1) is 21.3. The van der Waals surface area contributed by atoms with Crippen molar-refractivity contribution in [3.05, 3.63) is 24.0 Å². The van der Waals surface area contributed by atoms with E-state index in [1.807, 2.05) is 36.7 Å². The van der Waals surface area contributed by atoms with Crippen molar-refractivity contribution in [1.82, 2.24) is 14.5 Å². The first-order valence-corrected chi connectivity index (χ1v) is 11.8. The molecule has 3 aromatic rings. The Morgan fingerprint density at radius 1 is 1.17 bits per heavy atom. The third-order valence-corrected chi connectivity index (χ3v) is 5.79. The van der Waals surface area contributed by atoms with Gasteiger partial charge in [0.25, 0.3) is 0 Å². The van der Waals surface area contributed by atoms with E-state index in [0.717, 1.165) is 35.1 Å². The van der Waals surface area contributed by atoms with Crippen LogP contribution in [-0.2, 0) is 28.2 Å². The van der Waals surface area contributed by atoms with Gasteiger partial charge in [0.1, 0.15) is 33.5 Å². The van der Waals surface area contributed by atoms with Crippen LogP contribution in [0.15, 0.2) is 18.2 Å². The monoisotopic (exact) mass is 420 g/mol. The Hall–Kier alpha value is -2.39. The number of nitrogens with zero attached hydrogens (tertiary/aromatic N) is 3. The second-order valence-electron chi connectivity index (χ2n) is 7.11. The number of ether oxygens (including phenoxy) is 2. The molecule has 2 heterocycles. The molecular formula is C20H28N4O4S. The lowest BCUT2D eigenvalue weighted by molar-refractivity contribution is 0.126. The third kappa shape index (κ3) is 4.97. The standard InChI is InChI=1S/C20H28N4O4S/c1-4-27-13-16-23-18-19(24(16)2)17-14(22-20(18)21)9-8-10-15(17)28-11-6-5-7-12-29(3,25)26/h8-10H,4-7,11-13H2,1-3H3,(H2,21,22). The number of aromatic nitrogens is 3. The van der Waals surface area contributed by atoms with Crippen molar-refractivity contribution in [3.63, 3.8) is 0 Å². The van der Waals surface area contributed by atoms with Gasteiger partial charge in [-0.05, 0) is 38.3 Å². The number of fused-ring (bicyclic) bond motifs is 3. The minimum absolute atomic E-state index is 0.211. The fraction of sp³-hybridized carbons (Fsp3) is 0.500. The SMILES string of the molecule is CCOCc1nc2c(N)nc3cccc(OCCCCCS(C)(=O)=O)c3c2n1C. The number of anilines is 1. The van der Waals surface area contributed by atoms with E-state index in [1.165, 1.54) is 6.26 Å². The summed E-state index contributed by atoms with van der Waals surface area (Å²) in [7, 11) is -0.976. The first-order valence-electron chi connectivity index (χ1n) is 9.73. The molecule has 0 saturated heterocycles. The molecule has 0 saturated carbocycles. The number of benzene rings is 1. The number of nitrogens with two attached hydrogens (primary N) is 1. The molecule has 0 amide bonds. The Morgan fingerprint density at radius 3 is 2.69 bits per heavy atom. The van der Waals surface area contributed by atoms with Crippen LogP contribution in [0.2, 0.25) is 0 Å². The number of aryl methyl sites for hydroxylation is 1. The number of nitrogen functional groups attached to an aromatic ring is 1. The highest BCUT2D eigenvalue weighted by atomic mass is 32.2. The number of rotatable bonds is 10. The van der Waals surface area contributed by atoms with Crippen LogP contribution in [0.3, 0.4) is 0 Å². The summed E-state index contributed by atoms with van der Waals surface area (Å²) in [6.07, 6.45) is 3.47. The lowest BCUT2D eigenvalue weighted by Crippen LogP contribution is -2.05. The molecule has 0 unspecified atom stereocenters. The van der Waals surface area contributed by atoms with E-state index < -0.39 is 9.84 Å². The smallest absolute Gasteiger partial charge is 0.152 e. The molecule has 158 valence electrons. The van der Waals surface area contributed by atoms with E-state index >= 15 is 0 Å². The molecule has 29 heavy (non-hydrogen) atoms. The van der Waals surface area contributed by atoms with Gasteiger partial charge in [-0.25, -0.2) is 18.4 Å². The molecule has 0 aliphatic rings. The normalized spacial score (nSPS) is 12.1. The highest BCUT2D eigenvalue weighted by Gasteiger charge is 2.18. The van der Waals surface area contributed by atoms with Crippen molar-refractivity contribution in [2.45, 2.75) is 32.8 Å². The van der Waals surface area contributed by atoms with Gasteiger partial charge >= 0.3 is 0 Å². The molecule has 0 atom stereocenters. The van der Waals surface area contributed by atoms with Crippen LogP contribution >= 0.6 is 0 Å². The van der Waals surface area contributed by atoms with Crippen molar-refractivity contribution in [3.8, 4) is 5.75 Å². The molecule has 2 aromatic heterocycles. The summed E-state index contributed by atoms with van der Waals surface area (Å²) in [6.45, 7) is 3.44. The molecule has 3 rings (SSSR count). The Bertz CT molecular complexity index is 1110. The molecule has 0 spiro atoms. The average molecular weight is 421 g/mol. The fourth-order valence-corrected chi connectivity index (χ4v) is 4.04. The molecule has 9 heteroatoms. The zero-order valence-corrected chi connectivity index (χ0v) is 18.0. The summed E-state index contributed by atoms with van der Waals surface area (Å²) >= 11 is 0. The van der Waals surface area contributed by atoms with Crippen LogP contribution in [0.25, 0.3) is 21.9 Å². The molecule has 0 radical (unpaired) electrons. The second kappa shape index (κ2) is 8.96. The summed E-state index contributed by atoms with van der Waals surface area (Å²) < 4.78 is 36.0. The lowest BCUT2D eigenvalue weighted by atomic mass is 10.1. The molecule has 0 aliphatic carbocycles. The van der Waals surface area contributed by atoms with Crippen LogP contribution in [0.4, 0.5) is 5.82 Å². The van der Waals surface area contributed by atoms with Crippen molar-refractivity contribution in [2.75, 3.05) is 31.0 Å². The molecule has 0 fully saturated rings. The van der Waals surface area contributed by atoms with Crippen LogP contribution in [-0.4, -0.2) is 48.2 Å². The number of imidazole rings is 1. The van der Waals surface area contributed by atoms with E-state index in [9.17, 15) is 8.42 Å². The predicted octanol–water partition coefficient (Wildman–Crippen LogP) is 2.83. The summed E-state index contributed by atoms with van der Waals surface area (Å²) in [4.78, 5) is 9.12. The van der Waals surface area contributed by atoms with Gasteiger partial charge in [0.15, 0.2) is 5.82 Å². The largest absolute Gasteiger partial charge is 0.493 e. The van der Waals surface area contributed by atoms with Gasteiger partial charge in [0, 0.05) is 25.7 Å². The van der Waals surface area contributed by atoms with Gasteiger partial charge in [-0.3, -0.25) is 0 Å². The van der Waals surface area contributed by atoms with Gasteiger partial charge in [0.05, 0.1) is 23.0 Å². The fourth-order valence-electron chi connectivity index (χ4n) is 3.31. The topological polar surface area (TPSA) is 109 Å². The lowest BCUT2D eigenvalue weighted by Gasteiger charge is -2.12. The molecular weight excluding hydrogens is 392 g/mol. The van der Waals surface area contributed by atoms with Crippen LogP contribution < -0.4 is 10.5 Å². The quantitative estimate of drug-likeness (QED) is 0.502. The maximum absolute atomic E-state index is 11.2. The molecule has 2 N–H and O–H groups in total. The zero-order valence-electron chi connectivity index (χ0n) is 17.1. The number of hydrogen-bond donors (Lipinski definition) is 1. The molecule has 8 nitrogen and oxygen atoms in total. The van der Waals surface area contributed by atoms with E-state index in [1.54, 1.807) is 0 Å². The Labute approximate surface area is 170 Å². The van der Waals surface area contributed by atoms with E-state index in [0.29, 0.717) is 43.3 Å². The van der Waals surface area contributed by atoms with E-state index in [-0.39, 0.29) is 5.75 Å². The summed E-state index contributed by atoms with van der Waals surface area (Å²) in [6, 6.07) is 5.70. The summed E-state index contributed by atoms with van der Waals surface area (Å²) in [5.41, 5.74) is 8.41. The van der Waals surface area contributed by atoms with Crippen LogP contribution in [0, 0.1) is 0 Å². The number of unbranched alkanes of at least 4 members (excludes halogenated alkanes) is 2. The molecule has 0 aliphatic heterocycles. The highest BCUT2D eigenvalue weighted by molar-refractivity contribution is 7.90. The van der Waals surface area contributed by atoms with Crippen LogP contribution in [0.1, 0.15) is 32.0 Å². The van der Waals surface area contributed by atoms with Crippen molar-refractivity contribution in [2.24, 2.45) is 7.05 Å². The van der Waals surface area contributed by atoms with Crippen molar-refractivity contribution < 1.29 is 17.9 Å². The number of sulfone groups is 1. The first-order chi connectivity index (χ1) is 13.8. The van der Waals surface area contributed by atoms with Gasteiger partial charge < -0.3 is 19.8 Å². The van der Waals surface area contributed by atoms with Gasteiger partial charge in [-0.2, -0.15) is 0 Å². The van der Waals surface area contributed by atoms with Crippen molar-refractivity contribution in [1.29, 1.82) is 0 Å². The number of pyridine rings is 1. The van der Waals surface area contributed by atoms with Crippen LogP contribution in [0.5, 0.6) is 5.75 Å². The molecule has 1 aromatic carbocycles. The Kier molecular flexibility index (Phi) is 6.59. The molecule has 0 bridgehead atoms. The van der Waals surface area contributed by atoms with E-state index in [4.69, 9.17) is 15.2 Å². The zero-order chi connectivity index (χ0) is 21.0. The highest BCUT2D eigenvalue weighted by Crippen LogP contribution is 2.34. The van der Waals surface area contributed by atoms with Gasteiger partial charge in [-0.1, -0.05) is 6.07 Å². The Morgan fingerprint density at radius 2 is 1.97 bits per heavy atom. The second-order valence-corrected chi connectivity index (χ2v) is 9.37. The van der Waals surface area contributed by atoms with Gasteiger partial charge in [-0.15, -0.1) is 0 Å². The summed E-state index contributed by atoms with van der Waals surface area (Å²) in [5, 5.41) is 0.866. The van der Waals surface area contributed by atoms with Crippen molar-refractivity contribution >= 4 is 37.6 Å². The predicted molar refractivity (Wildman–Crippen MR) is 115 cm³/mol. The minimum Gasteiger partial charge on any atom is -0.493 e.